The second-order valence-electron chi connectivity index (χ2n) is 6.49. The van der Waals surface area contributed by atoms with E-state index >= 15 is 0 Å². The van der Waals surface area contributed by atoms with Crippen molar-refractivity contribution in [1.29, 1.82) is 0 Å². The number of anilines is 2. The van der Waals surface area contributed by atoms with E-state index < -0.39 is 0 Å². The number of aromatic nitrogens is 3. The van der Waals surface area contributed by atoms with Crippen LogP contribution in [0.5, 0.6) is 5.75 Å². The Kier molecular flexibility index (Phi) is 3.69. The zero-order valence-corrected chi connectivity index (χ0v) is 15.1. The molecule has 0 spiro atoms. The number of fused-ring (bicyclic) bond motifs is 2. The number of phenols is 1. The Labute approximate surface area is 160 Å². The molecule has 0 saturated heterocycles. The predicted octanol–water partition coefficient (Wildman–Crippen LogP) is 4.75. The molecule has 0 bridgehead atoms. The zero-order valence-electron chi connectivity index (χ0n) is 14.3. The van der Waals surface area contributed by atoms with E-state index in [1.54, 1.807) is 24.5 Å². The van der Waals surface area contributed by atoms with Crippen molar-refractivity contribution in [3.63, 3.8) is 0 Å². The molecule has 0 saturated carbocycles. The summed E-state index contributed by atoms with van der Waals surface area (Å²) in [5, 5.41) is 11.6. The van der Waals surface area contributed by atoms with Crippen LogP contribution in [0.1, 0.15) is 5.56 Å². The predicted molar refractivity (Wildman–Crippen MR) is 107 cm³/mol. The van der Waals surface area contributed by atoms with E-state index in [1.165, 1.54) is 5.56 Å². The second-order valence-corrected chi connectivity index (χ2v) is 6.93. The van der Waals surface area contributed by atoms with Crippen LogP contribution in [-0.4, -0.2) is 26.6 Å². The summed E-state index contributed by atoms with van der Waals surface area (Å²) in [4.78, 5) is 15.9. The van der Waals surface area contributed by atoms with Crippen molar-refractivity contribution in [2.45, 2.75) is 6.42 Å². The summed E-state index contributed by atoms with van der Waals surface area (Å²) in [5.41, 5.74) is 3.83. The van der Waals surface area contributed by atoms with Crippen molar-refractivity contribution in [3.8, 4) is 17.1 Å². The fourth-order valence-electron chi connectivity index (χ4n) is 3.52. The number of halogens is 1. The molecule has 5 rings (SSSR count). The summed E-state index contributed by atoms with van der Waals surface area (Å²) in [5.74, 6) is 1.58. The summed E-state index contributed by atoms with van der Waals surface area (Å²) < 4.78 is 0. The van der Waals surface area contributed by atoms with E-state index in [0.717, 1.165) is 40.4 Å². The van der Waals surface area contributed by atoms with Crippen LogP contribution in [0, 0.1) is 0 Å². The van der Waals surface area contributed by atoms with Gasteiger partial charge in [0.25, 0.3) is 0 Å². The van der Waals surface area contributed by atoms with E-state index in [0.29, 0.717) is 11.3 Å². The number of phenolic OH excluding ortho intramolecular Hbond substituents is 1. The highest BCUT2D eigenvalue weighted by Crippen LogP contribution is 2.39. The third kappa shape index (κ3) is 2.76. The van der Waals surface area contributed by atoms with Gasteiger partial charge in [-0.05, 0) is 54.4 Å². The average Bonchev–Trinajstić information content (AvgIpc) is 3.10. The minimum Gasteiger partial charge on any atom is -0.508 e. The molecule has 3 heterocycles. The zero-order chi connectivity index (χ0) is 18.4. The van der Waals surface area contributed by atoms with Gasteiger partial charge in [-0.3, -0.25) is 4.98 Å². The molecule has 0 aliphatic carbocycles. The number of nitrogens with zero attached hydrogens (tertiary/aromatic N) is 4. The number of pyridine rings is 1. The number of rotatable bonds is 2. The number of hydrogen-bond acceptors (Lipinski definition) is 5. The van der Waals surface area contributed by atoms with Gasteiger partial charge in [0, 0.05) is 46.7 Å². The molecule has 1 aliphatic rings. The van der Waals surface area contributed by atoms with Crippen molar-refractivity contribution in [3.05, 3.63) is 71.5 Å². The van der Waals surface area contributed by atoms with Gasteiger partial charge in [-0.1, -0.05) is 11.6 Å². The molecule has 5 nitrogen and oxygen atoms in total. The maximum absolute atomic E-state index is 9.94. The summed E-state index contributed by atoms with van der Waals surface area (Å²) in [6.07, 6.45) is 4.37. The molecule has 132 valence electrons. The first-order valence-corrected chi connectivity index (χ1v) is 9.04. The lowest BCUT2D eigenvalue weighted by Crippen LogP contribution is -2.16. The Balaban J connectivity index is 1.75. The van der Waals surface area contributed by atoms with E-state index in [4.69, 9.17) is 16.6 Å². The molecule has 0 radical (unpaired) electrons. The third-order valence-corrected chi connectivity index (χ3v) is 5.01. The molecule has 0 amide bonds. The van der Waals surface area contributed by atoms with Crippen molar-refractivity contribution in [2.24, 2.45) is 0 Å². The molecule has 1 aliphatic heterocycles. The quantitative estimate of drug-likeness (QED) is 0.548. The maximum Gasteiger partial charge on any atom is 0.163 e. The standard InChI is InChI=1S/C21H15ClN4O/c22-15-3-6-19-13(10-15)7-9-26(19)21-17-5-4-16(27)11-18(17)24-20(25-21)14-2-1-8-23-12-14/h1-6,8,10-12,27H,7,9H2. The Hall–Kier alpha value is -3.18. The lowest BCUT2D eigenvalue weighted by atomic mass is 10.1. The summed E-state index contributed by atoms with van der Waals surface area (Å²) in [6.45, 7) is 0.815. The number of aromatic hydroxyl groups is 1. The molecule has 0 unspecified atom stereocenters. The molecule has 2 aromatic heterocycles. The van der Waals surface area contributed by atoms with Crippen LogP contribution < -0.4 is 4.90 Å². The van der Waals surface area contributed by atoms with Gasteiger partial charge >= 0.3 is 0 Å². The largest absolute Gasteiger partial charge is 0.508 e. The molecular formula is C21H15ClN4O. The smallest absolute Gasteiger partial charge is 0.163 e. The molecule has 0 fully saturated rings. The Morgan fingerprint density at radius 3 is 2.81 bits per heavy atom. The van der Waals surface area contributed by atoms with Gasteiger partial charge in [0.15, 0.2) is 5.82 Å². The topological polar surface area (TPSA) is 62.1 Å². The fraction of sp³-hybridized carbons (Fsp3) is 0.0952. The van der Waals surface area contributed by atoms with Gasteiger partial charge in [0.2, 0.25) is 0 Å². The maximum atomic E-state index is 9.94. The minimum atomic E-state index is 0.179. The Morgan fingerprint density at radius 1 is 1.04 bits per heavy atom. The van der Waals surface area contributed by atoms with Crippen molar-refractivity contribution < 1.29 is 5.11 Å². The van der Waals surface area contributed by atoms with Crippen LogP contribution in [0.2, 0.25) is 5.02 Å². The van der Waals surface area contributed by atoms with Crippen molar-refractivity contribution in [1.82, 2.24) is 15.0 Å². The van der Waals surface area contributed by atoms with Crippen LogP contribution in [0.3, 0.4) is 0 Å². The molecule has 2 aromatic carbocycles. The van der Waals surface area contributed by atoms with E-state index in [9.17, 15) is 5.11 Å². The SMILES string of the molecule is Oc1ccc2c(N3CCc4cc(Cl)ccc43)nc(-c3cccnc3)nc2c1. The third-order valence-electron chi connectivity index (χ3n) is 4.77. The summed E-state index contributed by atoms with van der Waals surface area (Å²) in [7, 11) is 0. The Morgan fingerprint density at radius 2 is 1.96 bits per heavy atom. The van der Waals surface area contributed by atoms with Gasteiger partial charge in [0.05, 0.1) is 5.52 Å². The first kappa shape index (κ1) is 16.0. The number of hydrogen-bond donors (Lipinski definition) is 1. The van der Waals surface area contributed by atoms with Crippen LogP contribution in [-0.2, 0) is 6.42 Å². The van der Waals surface area contributed by atoms with Crippen LogP contribution in [0.25, 0.3) is 22.3 Å². The normalized spacial score (nSPS) is 13.1. The van der Waals surface area contributed by atoms with Gasteiger partial charge in [0.1, 0.15) is 11.6 Å². The Bertz CT molecular complexity index is 1160. The van der Waals surface area contributed by atoms with Gasteiger partial charge in [-0.25, -0.2) is 9.97 Å². The molecule has 0 atom stereocenters. The molecule has 1 N–H and O–H groups in total. The number of benzene rings is 2. The van der Waals surface area contributed by atoms with E-state index in [-0.39, 0.29) is 5.75 Å². The van der Waals surface area contributed by atoms with Crippen LogP contribution in [0.4, 0.5) is 11.5 Å². The summed E-state index contributed by atoms with van der Waals surface area (Å²) in [6, 6.07) is 14.9. The lowest BCUT2D eigenvalue weighted by Gasteiger charge is -2.21. The van der Waals surface area contributed by atoms with Gasteiger partial charge in [-0.2, -0.15) is 0 Å². The van der Waals surface area contributed by atoms with Crippen molar-refractivity contribution >= 4 is 34.0 Å². The second kappa shape index (κ2) is 6.21. The molecule has 4 aromatic rings. The first-order chi connectivity index (χ1) is 13.2. The minimum absolute atomic E-state index is 0.179. The first-order valence-electron chi connectivity index (χ1n) is 8.66. The van der Waals surface area contributed by atoms with Crippen molar-refractivity contribution in [2.75, 3.05) is 11.4 Å². The highest BCUT2D eigenvalue weighted by Gasteiger charge is 2.24. The monoisotopic (exact) mass is 374 g/mol. The highest BCUT2D eigenvalue weighted by atomic mass is 35.5. The average molecular weight is 375 g/mol. The van der Waals surface area contributed by atoms with Gasteiger partial charge < -0.3 is 10.0 Å². The molecule has 6 heteroatoms. The van der Waals surface area contributed by atoms with E-state index in [1.807, 2.05) is 36.4 Å². The van der Waals surface area contributed by atoms with Gasteiger partial charge in [-0.15, -0.1) is 0 Å². The van der Waals surface area contributed by atoms with Crippen LogP contribution >= 0.6 is 11.6 Å². The highest BCUT2D eigenvalue weighted by molar-refractivity contribution is 6.30. The molecular weight excluding hydrogens is 360 g/mol. The summed E-state index contributed by atoms with van der Waals surface area (Å²) >= 11 is 6.16. The molecule has 27 heavy (non-hydrogen) atoms. The lowest BCUT2D eigenvalue weighted by molar-refractivity contribution is 0.476. The van der Waals surface area contributed by atoms with E-state index in [2.05, 4.69) is 14.9 Å². The van der Waals surface area contributed by atoms with Crippen LogP contribution in [0.15, 0.2) is 60.9 Å². The fourth-order valence-corrected chi connectivity index (χ4v) is 3.72.